The van der Waals surface area contributed by atoms with E-state index in [2.05, 4.69) is 28.1 Å². The Bertz CT molecular complexity index is 560. The van der Waals surface area contributed by atoms with Crippen molar-refractivity contribution in [2.24, 2.45) is 5.92 Å². The first-order valence-electron chi connectivity index (χ1n) is 8.19. The molecule has 1 aromatic rings. The summed E-state index contributed by atoms with van der Waals surface area (Å²) < 4.78 is 6.58. The summed E-state index contributed by atoms with van der Waals surface area (Å²) in [4.78, 5) is 11.2. The van der Waals surface area contributed by atoms with Crippen LogP contribution in [0, 0.1) is 5.92 Å². The van der Waals surface area contributed by atoms with Crippen LogP contribution in [0.1, 0.15) is 67.9 Å². The van der Waals surface area contributed by atoms with Gasteiger partial charge in [-0.2, -0.15) is 0 Å². The van der Waals surface area contributed by atoms with Gasteiger partial charge in [-0.15, -0.1) is 0 Å². The molecule has 0 amide bonds. The van der Waals surface area contributed by atoms with Gasteiger partial charge in [-0.3, -0.25) is 4.79 Å². The topological polar surface area (TPSA) is 46.5 Å². The highest BCUT2D eigenvalue weighted by Gasteiger charge is 2.35. The lowest BCUT2D eigenvalue weighted by Gasteiger charge is -2.21. The smallest absolute Gasteiger partial charge is 0.303 e. The number of ether oxygens (including phenoxy) is 1. The second-order valence-electron chi connectivity index (χ2n) is 6.65. The zero-order valence-electron chi connectivity index (χ0n) is 13.0. The average Bonchev–Trinajstić information content (AvgIpc) is 3.17. The largest absolute Gasteiger partial charge is 0.495 e. The molecule has 3 nitrogen and oxygen atoms in total. The maximum atomic E-state index is 11.2. The Morgan fingerprint density at radius 2 is 2.00 bits per heavy atom. The Hall–Kier alpha value is -1.03. The van der Waals surface area contributed by atoms with Crippen LogP contribution < -0.4 is 4.74 Å². The predicted octanol–water partition coefficient (Wildman–Crippen LogP) is 5.08. The van der Waals surface area contributed by atoms with Crippen LogP contribution in [0.2, 0.25) is 0 Å². The third-order valence-corrected chi connectivity index (χ3v) is 5.70. The van der Waals surface area contributed by atoms with Gasteiger partial charge >= 0.3 is 5.97 Å². The maximum absolute atomic E-state index is 11.2. The Morgan fingerprint density at radius 1 is 1.32 bits per heavy atom. The molecule has 0 radical (unpaired) electrons. The lowest BCUT2D eigenvalue weighted by atomic mass is 9.87. The molecular weight excluding hydrogens is 344 g/mol. The fraction of sp³-hybridized carbons (Fsp3) is 0.611. The third kappa shape index (κ3) is 3.32. The lowest BCUT2D eigenvalue weighted by Crippen LogP contribution is -2.10. The van der Waals surface area contributed by atoms with Gasteiger partial charge < -0.3 is 9.84 Å². The predicted molar refractivity (Wildman–Crippen MR) is 89.6 cm³/mol. The first-order valence-corrected chi connectivity index (χ1v) is 8.98. The number of benzene rings is 1. The molecule has 2 fully saturated rings. The van der Waals surface area contributed by atoms with E-state index in [1.54, 1.807) is 7.11 Å². The second-order valence-corrected chi connectivity index (χ2v) is 7.50. The minimum absolute atomic E-state index is 0.139. The molecule has 1 unspecified atom stereocenters. The first kappa shape index (κ1) is 15.9. The van der Waals surface area contributed by atoms with Gasteiger partial charge in [0.2, 0.25) is 0 Å². The molecule has 1 N–H and O–H groups in total. The number of hydrogen-bond donors (Lipinski definition) is 1. The molecule has 1 atom stereocenters. The number of carbonyl (C=O) groups is 1. The summed E-state index contributed by atoms with van der Waals surface area (Å²) in [5.41, 5.74) is 2.43. The van der Waals surface area contributed by atoms with Crippen LogP contribution in [0.4, 0.5) is 0 Å². The van der Waals surface area contributed by atoms with Gasteiger partial charge in [0, 0.05) is 0 Å². The van der Waals surface area contributed by atoms with Gasteiger partial charge in [0.15, 0.2) is 0 Å². The minimum Gasteiger partial charge on any atom is -0.495 e. The molecule has 0 aliphatic heterocycles. The van der Waals surface area contributed by atoms with Gasteiger partial charge in [0.25, 0.3) is 0 Å². The van der Waals surface area contributed by atoms with Crippen molar-refractivity contribution < 1.29 is 14.6 Å². The standard InChI is InChI=1S/C18H23BrO3/c1-22-18-15(11-4-2-3-5-11)8-13(9-16(18)19)14(10-17(20)21)12-6-7-12/h8-9,11-12,14H,2-7,10H2,1H3,(H,20,21). The minimum atomic E-state index is -0.703. The second kappa shape index (κ2) is 6.61. The zero-order chi connectivity index (χ0) is 15.7. The summed E-state index contributed by atoms with van der Waals surface area (Å²) in [6, 6.07) is 4.30. The summed E-state index contributed by atoms with van der Waals surface area (Å²) in [5.74, 6) is 1.45. The highest BCUT2D eigenvalue weighted by molar-refractivity contribution is 9.10. The van der Waals surface area contributed by atoms with Gasteiger partial charge in [-0.05, 0) is 76.6 Å². The Labute approximate surface area is 140 Å². The molecule has 2 saturated carbocycles. The van der Waals surface area contributed by atoms with E-state index in [4.69, 9.17) is 4.74 Å². The van der Waals surface area contributed by atoms with Crippen molar-refractivity contribution in [1.82, 2.24) is 0 Å². The van der Waals surface area contributed by atoms with Crippen LogP contribution in [-0.4, -0.2) is 18.2 Å². The van der Waals surface area contributed by atoms with Crippen molar-refractivity contribution in [1.29, 1.82) is 0 Å². The number of halogens is 1. The molecule has 4 heteroatoms. The summed E-state index contributed by atoms with van der Waals surface area (Å²) >= 11 is 3.64. The average molecular weight is 367 g/mol. The Kier molecular flexibility index (Phi) is 4.76. The van der Waals surface area contributed by atoms with Gasteiger partial charge in [-0.1, -0.05) is 18.9 Å². The number of carboxylic acids is 1. The van der Waals surface area contributed by atoms with Crippen molar-refractivity contribution in [2.75, 3.05) is 7.11 Å². The quantitative estimate of drug-likeness (QED) is 0.762. The van der Waals surface area contributed by atoms with Crippen LogP contribution in [0.15, 0.2) is 16.6 Å². The first-order chi connectivity index (χ1) is 10.6. The van der Waals surface area contributed by atoms with E-state index in [9.17, 15) is 9.90 Å². The summed E-state index contributed by atoms with van der Waals surface area (Å²) in [5, 5.41) is 9.24. The third-order valence-electron chi connectivity index (χ3n) is 5.11. The van der Waals surface area contributed by atoms with Crippen LogP contribution in [-0.2, 0) is 4.79 Å². The molecular formula is C18H23BrO3. The van der Waals surface area contributed by atoms with Crippen molar-refractivity contribution in [3.8, 4) is 5.75 Å². The molecule has 0 spiro atoms. The number of methoxy groups -OCH3 is 1. The monoisotopic (exact) mass is 366 g/mol. The lowest BCUT2D eigenvalue weighted by molar-refractivity contribution is -0.137. The Morgan fingerprint density at radius 3 is 2.55 bits per heavy atom. The number of hydrogen-bond acceptors (Lipinski definition) is 2. The zero-order valence-corrected chi connectivity index (χ0v) is 14.6. The summed E-state index contributed by atoms with van der Waals surface area (Å²) in [6.45, 7) is 0. The number of rotatable bonds is 6. The molecule has 2 aliphatic rings. The molecule has 0 saturated heterocycles. The fourth-order valence-corrected chi connectivity index (χ4v) is 4.50. The SMILES string of the molecule is COc1c(Br)cc(C(CC(=O)O)C2CC2)cc1C1CCCC1. The van der Waals surface area contributed by atoms with E-state index >= 15 is 0 Å². The molecule has 0 aromatic heterocycles. The van der Waals surface area contributed by atoms with E-state index in [1.165, 1.54) is 36.8 Å². The Balaban J connectivity index is 1.98. The molecule has 3 rings (SSSR count). The van der Waals surface area contributed by atoms with E-state index in [0.717, 1.165) is 23.1 Å². The van der Waals surface area contributed by atoms with E-state index in [0.29, 0.717) is 11.8 Å². The van der Waals surface area contributed by atoms with Gasteiger partial charge in [0.1, 0.15) is 5.75 Å². The van der Waals surface area contributed by atoms with Crippen molar-refractivity contribution in [2.45, 2.75) is 56.8 Å². The number of aliphatic carboxylic acids is 1. The highest BCUT2D eigenvalue weighted by Crippen LogP contribution is 2.48. The van der Waals surface area contributed by atoms with Gasteiger partial charge in [0.05, 0.1) is 18.0 Å². The molecule has 2 aliphatic carbocycles. The molecule has 0 heterocycles. The number of carboxylic acid groups (broad SMARTS) is 1. The fourth-order valence-electron chi connectivity index (χ4n) is 3.85. The van der Waals surface area contributed by atoms with Crippen molar-refractivity contribution in [3.63, 3.8) is 0 Å². The maximum Gasteiger partial charge on any atom is 0.303 e. The van der Waals surface area contributed by atoms with Crippen LogP contribution in [0.3, 0.4) is 0 Å². The summed E-state index contributed by atoms with van der Waals surface area (Å²) in [6.07, 6.45) is 7.50. The summed E-state index contributed by atoms with van der Waals surface area (Å²) in [7, 11) is 1.72. The normalized spacial score (nSPS) is 20.1. The van der Waals surface area contributed by atoms with Crippen molar-refractivity contribution in [3.05, 3.63) is 27.7 Å². The van der Waals surface area contributed by atoms with Crippen molar-refractivity contribution >= 4 is 21.9 Å². The highest BCUT2D eigenvalue weighted by atomic mass is 79.9. The van der Waals surface area contributed by atoms with E-state index < -0.39 is 5.97 Å². The van der Waals surface area contributed by atoms with Crippen LogP contribution in [0.5, 0.6) is 5.75 Å². The van der Waals surface area contributed by atoms with Crippen LogP contribution in [0.25, 0.3) is 0 Å². The molecule has 120 valence electrons. The van der Waals surface area contributed by atoms with Crippen LogP contribution >= 0.6 is 15.9 Å². The van der Waals surface area contributed by atoms with E-state index in [-0.39, 0.29) is 12.3 Å². The molecule has 22 heavy (non-hydrogen) atoms. The molecule has 1 aromatic carbocycles. The molecule has 0 bridgehead atoms. The van der Waals surface area contributed by atoms with Gasteiger partial charge in [-0.25, -0.2) is 0 Å². The van der Waals surface area contributed by atoms with E-state index in [1.807, 2.05) is 0 Å².